The number of amides is 2. The molecule has 6 N–H and O–H groups in total. The van der Waals surface area contributed by atoms with Crippen LogP contribution in [0.5, 0.6) is 5.75 Å². The summed E-state index contributed by atoms with van der Waals surface area (Å²) < 4.78 is 4.80. The first kappa shape index (κ1) is 48.9. The first-order valence-electron chi connectivity index (χ1n) is 19.4. The van der Waals surface area contributed by atoms with Gasteiger partial charge in [0.2, 0.25) is 23.4 Å². The normalized spacial score (nSPS) is 24.6. The number of fused-ring (bicyclic) bond motifs is 18. The zero-order valence-electron chi connectivity index (χ0n) is 35.0. The van der Waals surface area contributed by atoms with Crippen molar-refractivity contribution in [2.24, 2.45) is 17.8 Å². The molecule has 2 amide bonds. The number of carbonyl (C=O) groups excluding carboxylic acids is 7. The van der Waals surface area contributed by atoms with Crippen LogP contribution in [-0.2, 0) is 23.9 Å². The minimum atomic E-state index is -1.28. The molecule has 15 heteroatoms. The molecule has 322 valence electrons. The number of phenolic OH excluding ortho intramolecular Hbond substituents is 1. The lowest BCUT2D eigenvalue weighted by atomic mass is 9.83. The topological polar surface area (TPSA) is 234 Å². The Labute approximate surface area is 353 Å². The number of thioether (sulfide) groups is 1. The van der Waals surface area contributed by atoms with Crippen LogP contribution in [0.2, 0.25) is 0 Å². The SMILES string of the molecule is COC(=O)[C@H](CSC1=C2NC(=O)C=CC=CC=C[C@H](C)[C@@H](O)CC(=O)C(C)=CC[C@H](O)C=C[C@H](C)[C@H](O)[C@@H](C)C=C(C)C(=O)c3c(O)c(C)cc(c3C1=O)C2=O)NC(C)=O. The average Bonchev–Trinajstić information content (AvgIpc) is 3.20. The van der Waals surface area contributed by atoms with Gasteiger partial charge in [0.25, 0.3) is 0 Å². The van der Waals surface area contributed by atoms with Gasteiger partial charge in [0.15, 0.2) is 11.6 Å². The molecule has 3 aliphatic rings. The highest BCUT2D eigenvalue weighted by Gasteiger charge is 2.39. The van der Waals surface area contributed by atoms with E-state index in [0.717, 1.165) is 13.2 Å². The number of aryl methyl sites for hydroxylation is 1. The van der Waals surface area contributed by atoms with E-state index in [-0.39, 0.29) is 46.0 Å². The predicted molar refractivity (Wildman–Crippen MR) is 227 cm³/mol. The van der Waals surface area contributed by atoms with E-state index in [1.807, 2.05) is 0 Å². The van der Waals surface area contributed by atoms with Crippen LogP contribution in [0.25, 0.3) is 0 Å². The smallest absolute Gasteiger partial charge is 0.329 e. The molecule has 7 atom stereocenters. The van der Waals surface area contributed by atoms with Gasteiger partial charge in [-0.2, -0.15) is 0 Å². The molecule has 4 rings (SSSR count). The number of carbonyl (C=O) groups is 7. The summed E-state index contributed by atoms with van der Waals surface area (Å²) in [6.45, 7) is 10.7. The summed E-state index contributed by atoms with van der Waals surface area (Å²) in [4.78, 5) is 93.1. The number of esters is 1. The van der Waals surface area contributed by atoms with Crippen LogP contribution in [-0.4, -0.2) is 98.6 Å². The maximum absolute atomic E-state index is 14.5. The van der Waals surface area contributed by atoms with Gasteiger partial charge in [-0.15, -0.1) is 11.8 Å². The van der Waals surface area contributed by atoms with Crippen LogP contribution < -0.4 is 10.6 Å². The van der Waals surface area contributed by atoms with Crippen molar-refractivity contribution < 1.29 is 58.7 Å². The monoisotopic (exact) mass is 846 g/mol. The van der Waals surface area contributed by atoms with Crippen molar-refractivity contribution in [1.82, 2.24) is 10.6 Å². The zero-order valence-corrected chi connectivity index (χ0v) is 35.8. The lowest BCUT2D eigenvalue weighted by molar-refractivity contribution is -0.144. The van der Waals surface area contributed by atoms with Gasteiger partial charge in [0.1, 0.15) is 17.5 Å². The molecular weight excluding hydrogens is 793 g/mol. The van der Waals surface area contributed by atoms with Crippen molar-refractivity contribution in [2.45, 2.75) is 85.7 Å². The summed E-state index contributed by atoms with van der Waals surface area (Å²) in [6.07, 6.45) is 11.8. The molecule has 0 unspecified atom stereocenters. The quantitative estimate of drug-likeness (QED) is 0.178. The number of allylic oxidation sites excluding steroid dienone is 8. The van der Waals surface area contributed by atoms with Gasteiger partial charge in [-0.1, -0.05) is 75.5 Å². The number of rotatable bonds is 5. The van der Waals surface area contributed by atoms with Crippen molar-refractivity contribution in [2.75, 3.05) is 12.9 Å². The number of aliphatic hydroxyl groups excluding tert-OH is 3. The molecule has 2 heterocycles. The number of ketones is 4. The lowest BCUT2D eigenvalue weighted by Gasteiger charge is -2.25. The van der Waals surface area contributed by atoms with Gasteiger partial charge >= 0.3 is 5.97 Å². The molecule has 0 radical (unpaired) electrons. The first-order valence-corrected chi connectivity index (χ1v) is 20.3. The molecule has 14 nitrogen and oxygen atoms in total. The van der Waals surface area contributed by atoms with Crippen LogP contribution in [0.15, 0.2) is 88.6 Å². The fourth-order valence-electron chi connectivity index (χ4n) is 6.37. The highest BCUT2D eigenvalue weighted by atomic mass is 32.2. The second-order valence-electron chi connectivity index (χ2n) is 14.9. The highest BCUT2D eigenvalue weighted by molar-refractivity contribution is 8.04. The number of hydrogen-bond acceptors (Lipinski definition) is 13. The molecule has 0 aromatic heterocycles. The third-order valence-corrected chi connectivity index (χ3v) is 11.2. The Hall–Kier alpha value is -5.48. The molecule has 1 aromatic carbocycles. The number of phenols is 1. The van der Waals surface area contributed by atoms with E-state index >= 15 is 0 Å². The van der Waals surface area contributed by atoms with Crippen molar-refractivity contribution in [3.8, 4) is 5.75 Å². The van der Waals surface area contributed by atoms with E-state index in [1.54, 1.807) is 58.1 Å². The molecule has 4 bridgehead atoms. The van der Waals surface area contributed by atoms with Crippen LogP contribution in [0.1, 0.15) is 91.0 Å². The maximum atomic E-state index is 14.5. The summed E-state index contributed by atoms with van der Waals surface area (Å²) in [5.74, 6) is -7.71. The zero-order chi connectivity index (χ0) is 45.0. The van der Waals surface area contributed by atoms with Crippen LogP contribution in [0, 0.1) is 24.7 Å². The fraction of sp³-hybridized carbons (Fsp3) is 0.400. The van der Waals surface area contributed by atoms with Crippen molar-refractivity contribution in [1.29, 1.82) is 0 Å². The van der Waals surface area contributed by atoms with E-state index in [4.69, 9.17) is 4.74 Å². The molecule has 1 aromatic rings. The number of Topliss-reactive ketones (excluding diaryl/α,β-unsaturated/α-hetero) is 4. The summed E-state index contributed by atoms with van der Waals surface area (Å²) in [5, 5.41) is 48.6. The molecular formula is C45H54N2O12S. The Balaban J connectivity index is 2.20. The molecule has 0 spiro atoms. The van der Waals surface area contributed by atoms with E-state index in [1.165, 1.54) is 51.1 Å². The summed E-state index contributed by atoms with van der Waals surface area (Å²) in [5.41, 5.74) is -1.17. The Morgan fingerprint density at radius 1 is 0.867 bits per heavy atom. The number of methoxy groups -OCH3 is 1. The molecule has 1 aliphatic carbocycles. The summed E-state index contributed by atoms with van der Waals surface area (Å²) in [6, 6.07) is -0.0537. The van der Waals surface area contributed by atoms with Crippen molar-refractivity contribution in [3.63, 3.8) is 0 Å². The minimum Gasteiger partial charge on any atom is -0.507 e. The van der Waals surface area contributed by atoms with Gasteiger partial charge in [-0.3, -0.25) is 28.8 Å². The second kappa shape index (κ2) is 22.2. The van der Waals surface area contributed by atoms with Crippen LogP contribution in [0.3, 0.4) is 0 Å². The van der Waals surface area contributed by atoms with Gasteiger partial charge in [0, 0.05) is 54.1 Å². The fourth-order valence-corrected chi connectivity index (χ4v) is 7.45. The van der Waals surface area contributed by atoms with Crippen LogP contribution in [0.4, 0.5) is 0 Å². The standard InChI is InChI=1S/C45H54N2O12S/c1-23-13-11-9-10-12-14-35(52)47-38-42(56)31-20-28(6)41(55)37(36(31)43(57)44(38)60-22-32(45(58)59-8)46-29(7)48)40(54)27(5)19-26(4)39(53)25(3)16-18-30(49)17-15-24(2)34(51)21-33(23)50/h9-16,18-20,23,25-26,30,32-33,39,49-50,53,55H,17,21-22H2,1-8H3,(H,46,48)(H,47,52)/t23-,25-,26-,30-,32-,33-,39-/m0/s1. The Morgan fingerprint density at radius 3 is 2.18 bits per heavy atom. The highest BCUT2D eigenvalue weighted by Crippen LogP contribution is 2.40. The number of nitrogens with one attached hydrogen (secondary N) is 2. The molecule has 0 saturated carbocycles. The summed E-state index contributed by atoms with van der Waals surface area (Å²) in [7, 11) is 1.10. The number of hydrogen-bond donors (Lipinski definition) is 6. The van der Waals surface area contributed by atoms with Gasteiger partial charge in [-0.25, -0.2) is 4.79 Å². The van der Waals surface area contributed by atoms with E-state index < -0.39 is 99.8 Å². The largest absolute Gasteiger partial charge is 0.507 e. The van der Waals surface area contributed by atoms with Gasteiger partial charge < -0.3 is 35.8 Å². The van der Waals surface area contributed by atoms with E-state index in [0.29, 0.717) is 17.3 Å². The van der Waals surface area contributed by atoms with Gasteiger partial charge in [0.05, 0.1) is 35.9 Å². The Bertz CT molecular complexity index is 2110. The Morgan fingerprint density at radius 2 is 1.53 bits per heavy atom. The number of aliphatic hydroxyl groups is 3. The maximum Gasteiger partial charge on any atom is 0.329 e. The van der Waals surface area contributed by atoms with Gasteiger partial charge in [-0.05, 0) is 50.0 Å². The predicted octanol–water partition coefficient (Wildman–Crippen LogP) is 4.47. The second-order valence-corrected chi connectivity index (χ2v) is 16.0. The minimum absolute atomic E-state index is 0.0246. The number of aromatic hydroxyl groups is 1. The molecule has 2 aliphatic heterocycles. The van der Waals surface area contributed by atoms with E-state index in [2.05, 4.69) is 10.6 Å². The average molecular weight is 847 g/mol. The molecule has 60 heavy (non-hydrogen) atoms. The Kier molecular flexibility index (Phi) is 18.1. The summed E-state index contributed by atoms with van der Waals surface area (Å²) >= 11 is 0.651. The number of ether oxygens (including phenoxy) is 1. The van der Waals surface area contributed by atoms with Crippen molar-refractivity contribution >= 4 is 52.7 Å². The van der Waals surface area contributed by atoms with Crippen LogP contribution >= 0.6 is 11.8 Å². The molecule has 0 fully saturated rings. The lowest BCUT2D eigenvalue weighted by Crippen LogP contribution is -2.42. The first-order chi connectivity index (χ1) is 28.2. The van der Waals surface area contributed by atoms with E-state index in [9.17, 15) is 54.0 Å². The third-order valence-electron chi connectivity index (χ3n) is 10.0. The molecule has 0 saturated heterocycles. The van der Waals surface area contributed by atoms with Crippen molar-refractivity contribution in [3.05, 3.63) is 111 Å². The number of benzene rings is 1. The third kappa shape index (κ3) is 12.8.